The molecule has 0 aliphatic heterocycles. The third kappa shape index (κ3) is 5.43. The maximum atomic E-state index is 12.2. The number of nitrogens with one attached hydrogen (secondary N) is 1. The number of amides is 1. The molecule has 0 heterocycles. The Labute approximate surface area is 161 Å². The molecular weight excluding hydrogens is 336 g/mol. The zero-order valence-electron chi connectivity index (χ0n) is 16.4. The van der Waals surface area contributed by atoms with Crippen molar-refractivity contribution in [3.8, 4) is 16.9 Å². The molecule has 0 radical (unpaired) electrons. The van der Waals surface area contributed by atoms with Gasteiger partial charge in [-0.1, -0.05) is 69.3 Å². The van der Waals surface area contributed by atoms with E-state index in [1.165, 1.54) is 6.42 Å². The average Bonchev–Trinajstić information content (AvgIpc) is 2.64. The smallest absolute Gasteiger partial charge is 0.277 e. The molecule has 1 amide bonds. The molecule has 1 aliphatic rings. The number of hydrogen-bond donors (Lipinski definition) is 1. The van der Waals surface area contributed by atoms with Crippen LogP contribution in [0.2, 0.25) is 0 Å². The van der Waals surface area contributed by atoms with Crippen LogP contribution < -0.4 is 10.2 Å². The molecule has 142 valence electrons. The molecule has 4 nitrogen and oxygen atoms in total. The van der Waals surface area contributed by atoms with Gasteiger partial charge in [-0.2, -0.15) is 5.10 Å². The highest BCUT2D eigenvalue weighted by atomic mass is 16.5. The van der Waals surface area contributed by atoms with Crippen molar-refractivity contribution in [1.82, 2.24) is 5.43 Å². The minimum Gasteiger partial charge on any atom is -0.483 e. The standard InChI is InChI=1S/C23H28N2O2/c1-17-13-19(15-23(2,3)14-17)24-25-22(26)16-27-21-12-8-7-11-20(21)18-9-5-4-6-10-18/h4-12,17H,13-16H2,1-3H3,(H,25,26)/b24-19+. The second-order valence-electron chi connectivity index (χ2n) is 8.22. The molecule has 4 heteroatoms. The lowest BCUT2D eigenvalue weighted by molar-refractivity contribution is -0.123. The maximum absolute atomic E-state index is 12.2. The molecule has 1 N–H and O–H groups in total. The van der Waals surface area contributed by atoms with Crippen LogP contribution in [0.1, 0.15) is 40.0 Å². The van der Waals surface area contributed by atoms with Gasteiger partial charge < -0.3 is 4.74 Å². The molecule has 0 aromatic heterocycles. The Morgan fingerprint density at radius 2 is 1.85 bits per heavy atom. The van der Waals surface area contributed by atoms with Gasteiger partial charge in [0.05, 0.1) is 0 Å². The van der Waals surface area contributed by atoms with E-state index < -0.39 is 0 Å². The van der Waals surface area contributed by atoms with Gasteiger partial charge in [-0.3, -0.25) is 4.79 Å². The summed E-state index contributed by atoms with van der Waals surface area (Å²) < 4.78 is 5.77. The minimum absolute atomic E-state index is 0.0560. The third-order valence-electron chi connectivity index (χ3n) is 4.84. The highest BCUT2D eigenvalue weighted by Gasteiger charge is 2.29. The van der Waals surface area contributed by atoms with Crippen LogP contribution >= 0.6 is 0 Å². The van der Waals surface area contributed by atoms with Gasteiger partial charge in [0, 0.05) is 11.3 Å². The first-order valence-electron chi connectivity index (χ1n) is 9.54. The fourth-order valence-corrected chi connectivity index (χ4v) is 3.97. The first-order valence-corrected chi connectivity index (χ1v) is 9.54. The number of carbonyl (C=O) groups excluding carboxylic acids is 1. The Bertz CT molecular complexity index is 812. The first-order chi connectivity index (χ1) is 12.9. The number of ether oxygens (including phenoxy) is 1. The largest absolute Gasteiger partial charge is 0.483 e. The summed E-state index contributed by atoms with van der Waals surface area (Å²) in [6, 6.07) is 17.8. The summed E-state index contributed by atoms with van der Waals surface area (Å²) in [6.45, 7) is 6.69. The lowest BCUT2D eigenvalue weighted by atomic mass is 9.72. The van der Waals surface area contributed by atoms with E-state index in [1.807, 2.05) is 54.6 Å². The summed E-state index contributed by atoms with van der Waals surface area (Å²) in [5, 5.41) is 4.36. The number of hydrogen-bond acceptors (Lipinski definition) is 3. The van der Waals surface area contributed by atoms with Gasteiger partial charge in [0.1, 0.15) is 5.75 Å². The highest BCUT2D eigenvalue weighted by molar-refractivity contribution is 5.88. The summed E-state index contributed by atoms with van der Waals surface area (Å²) in [4.78, 5) is 12.2. The monoisotopic (exact) mass is 364 g/mol. The Morgan fingerprint density at radius 1 is 1.15 bits per heavy atom. The summed E-state index contributed by atoms with van der Waals surface area (Å²) >= 11 is 0. The zero-order chi connectivity index (χ0) is 19.3. The highest BCUT2D eigenvalue weighted by Crippen LogP contribution is 2.36. The number of benzene rings is 2. The van der Waals surface area contributed by atoms with Crippen molar-refractivity contribution in [2.45, 2.75) is 40.0 Å². The van der Waals surface area contributed by atoms with E-state index in [4.69, 9.17) is 4.74 Å². The molecule has 2 aromatic carbocycles. The SMILES string of the molecule is CC1C/C(=N\NC(=O)COc2ccccc2-c2ccccc2)CC(C)(C)C1. The number of hydrazone groups is 1. The molecular formula is C23H28N2O2. The van der Waals surface area contributed by atoms with Crippen LogP contribution in [0.3, 0.4) is 0 Å². The second kappa shape index (κ2) is 8.38. The van der Waals surface area contributed by atoms with E-state index in [-0.39, 0.29) is 17.9 Å². The van der Waals surface area contributed by atoms with Crippen LogP contribution in [-0.4, -0.2) is 18.2 Å². The van der Waals surface area contributed by atoms with Gasteiger partial charge >= 0.3 is 0 Å². The molecule has 1 aliphatic carbocycles. The third-order valence-corrected chi connectivity index (χ3v) is 4.84. The predicted molar refractivity (Wildman–Crippen MR) is 110 cm³/mol. The van der Waals surface area contributed by atoms with E-state index in [2.05, 4.69) is 31.3 Å². The summed E-state index contributed by atoms with van der Waals surface area (Å²) in [6.07, 6.45) is 3.07. The molecule has 2 aromatic rings. The van der Waals surface area contributed by atoms with Crippen LogP contribution in [0.25, 0.3) is 11.1 Å². The molecule has 27 heavy (non-hydrogen) atoms. The molecule has 0 saturated heterocycles. The summed E-state index contributed by atoms with van der Waals surface area (Å²) in [5.74, 6) is 1.05. The first kappa shape index (κ1) is 19.2. The van der Waals surface area contributed by atoms with Crippen molar-refractivity contribution in [1.29, 1.82) is 0 Å². The van der Waals surface area contributed by atoms with E-state index in [1.54, 1.807) is 0 Å². The number of carbonyl (C=O) groups is 1. The van der Waals surface area contributed by atoms with Gasteiger partial charge in [0.15, 0.2) is 6.61 Å². The van der Waals surface area contributed by atoms with E-state index in [9.17, 15) is 4.79 Å². The second-order valence-corrected chi connectivity index (χ2v) is 8.22. The fraction of sp³-hybridized carbons (Fsp3) is 0.391. The summed E-state index contributed by atoms with van der Waals surface area (Å²) in [5.41, 5.74) is 6.01. The quantitative estimate of drug-likeness (QED) is 0.755. The number of rotatable bonds is 5. The van der Waals surface area contributed by atoms with Crippen molar-refractivity contribution in [3.63, 3.8) is 0 Å². The zero-order valence-corrected chi connectivity index (χ0v) is 16.4. The molecule has 0 spiro atoms. The Kier molecular flexibility index (Phi) is 5.94. The number of nitrogens with zero attached hydrogens (tertiary/aromatic N) is 1. The molecule has 1 unspecified atom stereocenters. The van der Waals surface area contributed by atoms with Gasteiger partial charge in [-0.25, -0.2) is 5.43 Å². The van der Waals surface area contributed by atoms with E-state index in [0.717, 1.165) is 29.7 Å². The average molecular weight is 364 g/mol. The van der Waals surface area contributed by atoms with Crippen molar-refractivity contribution in [3.05, 3.63) is 54.6 Å². The number of para-hydroxylation sites is 1. The molecule has 1 saturated carbocycles. The Balaban J connectivity index is 1.60. The van der Waals surface area contributed by atoms with Crippen molar-refractivity contribution < 1.29 is 9.53 Å². The summed E-state index contributed by atoms with van der Waals surface area (Å²) in [7, 11) is 0. The lowest BCUT2D eigenvalue weighted by Gasteiger charge is -2.34. The van der Waals surface area contributed by atoms with Crippen molar-refractivity contribution in [2.24, 2.45) is 16.4 Å². The lowest BCUT2D eigenvalue weighted by Crippen LogP contribution is -2.31. The predicted octanol–water partition coefficient (Wildman–Crippen LogP) is 5.05. The van der Waals surface area contributed by atoms with Crippen molar-refractivity contribution >= 4 is 11.6 Å². The van der Waals surface area contributed by atoms with Gasteiger partial charge in [0.2, 0.25) is 0 Å². The topological polar surface area (TPSA) is 50.7 Å². The molecule has 1 fully saturated rings. The maximum Gasteiger partial charge on any atom is 0.277 e. The van der Waals surface area contributed by atoms with Gasteiger partial charge in [0.25, 0.3) is 5.91 Å². The van der Waals surface area contributed by atoms with Crippen LogP contribution in [-0.2, 0) is 4.79 Å². The fourth-order valence-electron chi connectivity index (χ4n) is 3.97. The van der Waals surface area contributed by atoms with Crippen LogP contribution in [0, 0.1) is 11.3 Å². The molecule has 0 bridgehead atoms. The van der Waals surface area contributed by atoms with E-state index >= 15 is 0 Å². The Hall–Kier alpha value is -2.62. The normalized spacial score (nSPS) is 20.3. The minimum atomic E-state index is -0.235. The van der Waals surface area contributed by atoms with Gasteiger partial charge in [-0.15, -0.1) is 0 Å². The van der Waals surface area contributed by atoms with E-state index in [0.29, 0.717) is 11.7 Å². The van der Waals surface area contributed by atoms with Crippen molar-refractivity contribution in [2.75, 3.05) is 6.61 Å². The molecule has 3 rings (SSSR count). The van der Waals surface area contributed by atoms with Crippen LogP contribution in [0.5, 0.6) is 5.75 Å². The Morgan fingerprint density at radius 3 is 2.59 bits per heavy atom. The van der Waals surface area contributed by atoms with Crippen LogP contribution in [0.4, 0.5) is 0 Å². The van der Waals surface area contributed by atoms with Crippen LogP contribution in [0.15, 0.2) is 59.7 Å². The van der Waals surface area contributed by atoms with Gasteiger partial charge in [-0.05, 0) is 42.2 Å². The molecule has 1 atom stereocenters.